The number of rotatable bonds is 3. The molecule has 0 spiro atoms. The van der Waals surface area contributed by atoms with Gasteiger partial charge in [-0.15, -0.1) is 11.8 Å². The average molecular weight is 319 g/mol. The highest BCUT2D eigenvalue weighted by Crippen LogP contribution is 2.42. The van der Waals surface area contributed by atoms with Gasteiger partial charge in [0.15, 0.2) is 5.78 Å². The minimum atomic E-state index is -0.412. The number of benzene rings is 1. The second-order valence-electron chi connectivity index (χ2n) is 4.73. The first-order chi connectivity index (χ1) is 10.0. The highest BCUT2D eigenvalue weighted by atomic mass is 35.5. The van der Waals surface area contributed by atoms with Crippen LogP contribution in [0.4, 0.5) is 0 Å². The van der Waals surface area contributed by atoms with Gasteiger partial charge in [-0.1, -0.05) is 29.8 Å². The van der Waals surface area contributed by atoms with E-state index in [0.717, 1.165) is 16.3 Å². The molecular formula is C16H15ClN2OS. The third-order valence-electron chi connectivity index (χ3n) is 3.45. The van der Waals surface area contributed by atoms with Crippen molar-refractivity contribution in [2.24, 2.45) is 0 Å². The number of allylic oxidation sites excluding steroid dienone is 3. The predicted molar refractivity (Wildman–Crippen MR) is 86.9 cm³/mol. The SMILES string of the molecule is CSC1=C(C#N)[C@@H](c2ccccc2Cl)C(C(C)=O)=C(C)N1. The van der Waals surface area contributed by atoms with E-state index < -0.39 is 5.92 Å². The van der Waals surface area contributed by atoms with Crippen LogP contribution in [-0.4, -0.2) is 12.0 Å². The number of dihydropyridines is 1. The van der Waals surface area contributed by atoms with Gasteiger partial charge in [0.2, 0.25) is 0 Å². The van der Waals surface area contributed by atoms with E-state index in [1.807, 2.05) is 31.4 Å². The van der Waals surface area contributed by atoms with Gasteiger partial charge in [0.05, 0.1) is 22.6 Å². The zero-order valence-electron chi connectivity index (χ0n) is 12.0. The van der Waals surface area contributed by atoms with Gasteiger partial charge in [-0.25, -0.2) is 0 Å². The molecule has 2 rings (SSSR count). The molecule has 1 aromatic carbocycles. The zero-order chi connectivity index (χ0) is 15.6. The van der Waals surface area contributed by atoms with Gasteiger partial charge in [0.1, 0.15) is 0 Å². The highest BCUT2D eigenvalue weighted by Gasteiger charge is 2.33. The molecule has 0 bridgehead atoms. The van der Waals surface area contributed by atoms with Crippen LogP contribution in [-0.2, 0) is 4.79 Å². The lowest BCUT2D eigenvalue weighted by atomic mass is 9.81. The number of Topliss-reactive ketones (excluding diaryl/α,β-unsaturated/α-hetero) is 1. The Kier molecular flexibility index (Phi) is 4.76. The monoisotopic (exact) mass is 318 g/mol. The molecule has 1 N–H and O–H groups in total. The molecule has 0 saturated heterocycles. The van der Waals surface area contributed by atoms with E-state index in [1.54, 1.807) is 6.07 Å². The van der Waals surface area contributed by atoms with Gasteiger partial charge < -0.3 is 5.32 Å². The van der Waals surface area contributed by atoms with Crippen molar-refractivity contribution in [3.8, 4) is 6.07 Å². The number of carbonyl (C=O) groups excluding carboxylic acids is 1. The predicted octanol–water partition coefficient (Wildman–Crippen LogP) is 3.99. The maximum Gasteiger partial charge on any atom is 0.158 e. The smallest absolute Gasteiger partial charge is 0.158 e. The standard InChI is InChI=1S/C16H15ClN2OS/c1-9-14(10(2)20)15(11-6-4-5-7-13(11)17)12(8-18)16(19-9)21-3/h4-7,15,19H,1-3H3/t15-/m1/s1. The Morgan fingerprint density at radius 1 is 1.43 bits per heavy atom. The molecule has 5 heteroatoms. The summed E-state index contributed by atoms with van der Waals surface area (Å²) >= 11 is 7.75. The van der Waals surface area contributed by atoms with E-state index >= 15 is 0 Å². The molecule has 0 aliphatic carbocycles. The summed E-state index contributed by atoms with van der Waals surface area (Å²) in [6.45, 7) is 3.37. The van der Waals surface area contributed by atoms with Crippen LogP contribution in [0.1, 0.15) is 25.3 Å². The molecule has 3 nitrogen and oxygen atoms in total. The summed E-state index contributed by atoms with van der Waals surface area (Å²) in [4.78, 5) is 12.1. The van der Waals surface area contributed by atoms with Crippen molar-refractivity contribution < 1.29 is 4.79 Å². The summed E-state index contributed by atoms with van der Waals surface area (Å²) in [7, 11) is 0. The molecule has 1 heterocycles. The summed E-state index contributed by atoms with van der Waals surface area (Å²) in [6.07, 6.45) is 1.90. The van der Waals surface area contributed by atoms with Crippen molar-refractivity contribution in [3.05, 3.63) is 56.7 Å². The van der Waals surface area contributed by atoms with Crippen LogP contribution in [0.5, 0.6) is 0 Å². The number of nitrogens with zero attached hydrogens (tertiary/aromatic N) is 1. The number of carbonyl (C=O) groups is 1. The summed E-state index contributed by atoms with van der Waals surface area (Å²) in [5.74, 6) is -0.470. The molecule has 0 fully saturated rings. The van der Waals surface area contributed by atoms with Crippen LogP contribution >= 0.6 is 23.4 Å². The number of thioether (sulfide) groups is 1. The van der Waals surface area contributed by atoms with E-state index in [2.05, 4.69) is 11.4 Å². The molecule has 21 heavy (non-hydrogen) atoms. The van der Waals surface area contributed by atoms with Crippen LogP contribution in [0.15, 0.2) is 46.1 Å². The lowest BCUT2D eigenvalue weighted by Gasteiger charge is -2.29. The lowest BCUT2D eigenvalue weighted by molar-refractivity contribution is -0.113. The first kappa shape index (κ1) is 15.7. The fourth-order valence-electron chi connectivity index (χ4n) is 2.56. The molecule has 0 amide bonds. The van der Waals surface area contributed by atoms with Crippen molar-refractivity contribution in [1.29, 1.82) is 5.26 Å². The third kappa shape index (κ3) is 2.85. The molecule has 1 aromatic rings. The topological polar surface area (TPSA) is 52.9 Å². The molecule has 1 aliphatic rings. The second kappa shape index (κ2) is 6.38. The van der Waals surface area contributed by atoms with E-state index in [9.17, 15) is 10.1 Å². The van der Waals surface area contributed by atoms with E-state index in [4.69, 9.17) is 11.6 Å². The second-order valence-corrected chi connectivity index (χ2v) is 5.96. The van der Waals surface area contributed by atoms with Crippen molar-refractivity contribution in [2.75, 3.05) is 6.26 Å². The zero-order valence-corrected chi connectivity index (χ0v) is 13.6. The summed E-state index contributed by atoms with van der Waals surface area (Å²) in [5.41, 5.74) is 2.69. The summed E-state index contributed by atoms with van der Waals surface area (Å²) in [6, 6.07) is 9.58. The largest absolute Gasteiger partial charge is 0.353 e. The molecule has 0 saturated carbocycles. The number of nitrogens with one attached hydrogen (secondary N) is 1. The number of ketones is 1. The van der Waals surface area contributed by atoms with Gasteiger partial charge in [-0.05, 0) is 31.7 Å². The Bertz CT molecular complexity index is 700. The molecule has 0 radical (unpaired) electrons. The van der Waals surface area contributed by atoms with Gasteiger partial charge in [-0.2, -0.15) is 5.26 Å². The number of halogens is 1. The van der Waals surface area contributed by atoms with Crippen LogP contribution < -0.4 is 5.32 Å². The van der Waals surface area contributed by atoms with Crippen LogP contribution in [0.2, 0.25) is 5.02 Å². The maximum atomic E-state index is 12.1. The molecule has 108 valence electrons. The third-order valence-corrected chi connectivity index (χ3v) is 4.52. The van der Waals surface area contributed by atoms with E-state index in [-0.39, 0.29) is 5.78 Å². The van der Waals surface area contributed by atoms with Crippen LogP contribution in [0.3, 0.4) is 0 Å². The average Bonchev–Trinajstić information content (AvgIpc) is 2.46. The van der Waals surface area contributed by atoms with Gasteiger partial charge in [-0.3, -0.25) is 4.79 Å². The summed E-state index contributed by atoms with van der Waals surface area (Å²) < 4.78 is 0. The first-order valence-corrected chi connectivity index (χ1v) is 8.03. The number of hydrogen-bond donors (Lipinski definition) is 1. The molecular weight excluding hydrogens is 304 g/mol. The minimum Gasteiger partial charge on any atom is -0.353 e. The number of hydrogen-bond acceptors (Lipinski definition) is 4. The molecule has 0 aromatic heterocycles. The molecule has 1 atom stereocenters. The Morgan fingerprint density at radius 2 is 2.10 bits per heavy atom. The van der Waals surface area contributed by atoms with Gasteiger partial charge >= 0.3 is 0 Å². The van der Waals surface area contributed by atoms with Crippen molar-refractivity contribution in [1.82, 2.24) is 5.32 Å². The van der Waals surface area contributed by atoms with Crippen LogP contribution in [0.25, 0.3) is 0 Å². The first-order valence-electron chi connectivity index (χ1n) is 6.42. The Morgan fingerprint density at radius 3 is 2.62 bits per heavy atom. The maximum absolute atomic E-state index is 12.1. The Hall–Kier alpha value is -1.70. The Labute approximate surface area is 133 Å². The quantitative estimate of drug-likeness (QED) is 0.915. The minimum absolute atomic E-state index is 0.0576. The van der Waals surface area contributed by atoms with Crippen LogP contribution in [0, 0.1) is 11.3 Å². The summed E-state index contributed by atoms with van der Waals surface area (Å²) in [5, 5.41) is 14.0. The molecule has 0 unspecified atom stereocenters. The normalized spacial score (nSPS) is 18.3. The molecule has 1 aliphatic heterocycles. The van der Waals surface area contributed by atoms with E-state index in [1.165, 1.54) is 18.7 Å². The highest BCUT2D eigenvalue weighted by molar-refractivity contribution is 8.02. The fraction of sp³-hybridized carbons (Fsp3) is 0.250. The van der Waals surface area contributed by atoms with E-state index in [0.29, 0.717) is 16.2 Å². The Balaban J connectivity index is 2.73. The van der Waals surface area contributed by atoms with Crippen molar-refractivity contribution in [2.45, 2.75) is 19.8 Å². The van der Waals surface area contributed by atoms with Crippen molar-refractivity contribution >= 4 is 29.1 Å². The van der Waals surface area contributed by atoms with Crippen molar-refractivity contribution in [3.63, 3.8) is 0 Å². The fourth-order valence-corrected chi connectivity index (χ4v) is 3.44. The van der Waals surface area contributed by atoms with Gasteiger partial charge in [0.25, 0.3) is 0 Å². The van der Waals surface area contributed by atoms with Gasteiger partial charge in [0, 0.05) is 16.3 Å². The lowest BCUT2D eigenvalue weighted by Crippen LogP contribution is -2.27. The number of nitriles is 1.